The van der Waals surface area contributed by atoms with Gasteiger partial charge in [-0.3, -0.25) is 4.79 Å². The van der Waals surface area contributed by atoms with E-state index in [1.54, 1.807) is 24.3 Å². The summed E-state index contributed by atoms with van der Waals surface area (Å²) < 4.78 is 10.6. The summed E-state index contributed by atoms with van der Waals surface area (Å²) in [4.78, 5) is 24.9. The van der Waals surface area contributed by atoms with Crippen molar-refractivity contribution in [2.24, 2.45) is 0 Å². The Morgan fingerprint density at radius 3 is 2.39 bits per heavy atom. The second-order valence-corrected chi connectivity index (χ2v) is 6.92. The summed E-state index contributed by atoms with van der Waals surface area (Å²) in [6, 6.07) is 16.4. The number of thiophene rings is 1. The molecule has 0 radical (unpaired) electrons. The van der Waals surface area contributed by atoms with Gasteiger partial charge in [0.15, 0.2) is 0 Å². The summed E-state index contributed by atoms with van der Waals surface area (Å²) in [6.07, 6.45) is 0.934. The molecule has 0 saturated heterocycles. The normalized spacial score (nSPS) is 10.4. The number of carbonyl (C=O) groups excluding carboxylic acids is 2. The molecule has 0 bridgehead atoms. The topological polar surface area (TPSA) is 64.6 Å². The summed E-state index contributed by atoms with van der Waals surface area (Å²) >= 11 is 1.29. The van der Waals surface area contributed by atoms with E-state index in [-0.39, 0.29) is 5.91 Å². The minimum absolute atomic E-state index is 0.275. The number of benzene rings is 2. The van der Waals surface area contributed by atoms with Gasteiger partial charge in [-0.2, -0.15) is 0 Å². The number of methoxy groups -OCH3 is 1. The molecule has 0 atom stereocenters. The third-order valence-electron chi connectivity index (χ3n) is 4.08. The van der Waals surface area contributed by atoms with Crippen LogP contribution >= 0.6 is 11.3 Å². The Morgan fingerprint density at radius 2 is 1.75 bits per heavy atom. The van der Waals surface area contributed by atoms with Crippen molar-refractivity contribution in [3.63, 3.8) is 0 Å². The van der Waals surface area contributed by atoms with E-state index in [1.807, 2.05) is 42.6 Å². The molecule has 28 heavy (non-hydrogen) atoms. The molecule has 5 nitrogen and oxygen atoms in total. The Balaban J connectivity index is 1.90. The predicted molar refractivity (Wildman–Crippen MR) is 111 cm³/mol. The van der Waals surface area contributed by atoms with Crippen LogP contribution < -0.4 is 10.1 Å². The summed E-state index contributed by atoms with van der Waals surface area (Å²) in [5.74, 6) is 0.00596. The van der Waals surface area contributed by atoms with Gasteiger partial charge in [-0.25, -0.2) is 4.79 Å². The molecule has 3 rings (SSSR count). The third-order valence-corrected chi connectivity index (χ3v) is 4.98. The van der Waals surface area contributed by atoms with Crippen LogP contribution in [0.15, 0.2) is 60.0 Å². The highest BCUT2D eigenvalue weighted by Crippen LogP contribution is 2.37. The number of hydrogen-bond acceptors (Lipinski definition) is 5. The molecule has 0 aliphatic carbocycles. The highest BCUT2D eigenvalue weighted by Gasteiger charge is 2.22. The Hall–Kier alpha value is -3.12. The van der Waals surface area contributed by atoms with Gasteiger partial charge in [-0.05, 0) is 36.2 Å². The zero-order valence-electron chi connectivity index (χ0n) is 15.7. The predicted octanol–water partition coefficient (Wildman–Crippen LogP) is 5.24. The lowest BCUT2D eigenvalue weighted by atomic mass is 10.0. The number of ether oxygens (including phenoxy) is 2. The Labute approximate surface area is 167 Å². The Bertz CT molecular complexity index is 948. The highest BCUT2D eigenvalue weighted by atomic mass is 32.1. The quantitative estimate of drug-likeness (QED) is 0.556. The van der Waals surface area contributed by atoms with Gasteiger partial charge in [0.1, 0.15) is 16.3 Å². The van der Waals surface area contributed by atoms with Crippen LogP contribution in [0.25, 0.3) is 11.1 Å². The maximum Gasteiger partial charge on any atom is 0.341 e. The van der Waals surface area contributed by atoms with Gasteiger partial charge in [0.05, 0.1) is 13.7 Å². The van der Waals surface area contributed by atoms with Crippen LogP contribution in [0.1, 0.15) is 34.1 Å². The molecule has 0 spiro atoms. The van der Waals surface area contributed by atoms with Crippen LogP contribution in [-0.2, 0) is 4.74 Å². The molecule has 0 aliphatic rings. The first-order valence-electron chi connectivity index (χ1n) is 8.93. The summed E-state index contributed by atoms with van der Waals surface area (Å²) in [7, 11) is 1.33. The largest absolute Gasteiger partial charge is 0.494 e. The fourth-order valence-electron chi connectivity index (χ4n) is 2.68. The second-order valence-electron chi connectivity index (χ2n) is 6.04. The Morgan fingerprint density at radius 1 is 1.04 bits per heavy atom. The lowest BCUT2D eigenvalue weighted by Crippen LogP contribution is -2.14. The number of nitrogens with one attached hydrogen (secondary N) is 1. The van der Waals surface area contributed by atoms with Gasteiger partial charge in [0.2, 0.25) is 0 Å². The zero-order chi connectivity index (χ0) is 19.9. The lowest BCUT2D eigenvalue weighted by Gasteiger charge is -2.09. The smallest absolute Gasteiger partial charge is 0.341 e. The van der Waals surface area contributed by atoms with Crippen LogP contribution in [0.3, 0.4) is 0 Å². The second kappa shape index (κ2) is 9.19. The molecule has 6 heteroatoms. The minimum Gasteiger partial charge on any atom is -0.494 e. The molecule has 144 valence electrons. The molecular formula is C22H21NO4S. The average molecular weight is 395 g/mol. The van der Waals surface area contributed by atoms with Crippen LogP contribution in [0.4, 0.5) is 5.00 Å². The van der Waals surface area contributed by atoms with Gasteiger partial charge >= 0.3 is 5.97 Å². The van der Waals surface area contributed by atoms with Gasteiger partial charge in [-0.15, -0.1) is 11.3 Å². The van der Waals surface area contributed by atoms with E-state index in [0.717, 1.165) is 17.7 Å². The van der Waals surface area contributed by atoms with Gasteiger partial charge in [-0.1, -0.05) is 37.3 Å². The maximum atomic E-state index is 12.5. The Kier molecular flexibility index (Phi) is 6.45. The van der Waals surface area contributed by atoms with Crippen molar-refractivity contribution in [2.45, 2.75) is 13.3 Å². The third kappa shape index (κ3) is 4.40. The number of anilines is 1. The SMILES string of the molecule is CCCOc1ccc(-c2csc(NC(=O)c3ccccc3)c2C(=O)OC)cc1. The molecule has 1 aromatic heterocycles. The summed E-state index contributed by atoms with van der Waals surface area (Å²) in [5.41, 5.74) is 2.42. The van der Waals surface area contributed by atoms with Crippen LogP contribution in [0.5, 0.6) is 5.75 Å². The molecule has 1 N–H and O–H groups in total. The van der Waals surface area contributed by atoms with E-state index in [1.165, 1.54) is 18.4 Å². The molecule has 1 heterocycles. The molecular weight excluding hydrogens is 374 g/mol. The summed E-state index contributed by atoms with van der Waals surface area (Å²) in [6.45, 7) is 2.70. The standard InChI is InChI=1S/C22H21NO4S/c1-3-13-27-17-11-9-15(10-12-17)18-14-28-21(19(18)22(25)26-2)23-20(24)16-7-5-4-6-8-16/h4-12,14H,3,13H2,1-2H3,(H,23,24). The maximum absolute atomic E-state index is 12.5. The lowest BCUT2D eigenvalue weighted by molar-refractivity contribution is 0.0603. The number of rotatable bonds is 7. The van der Waals surface area contributed by atoms with Crippen molar-refractivity contribution in [3.05, 3.63) is 71.1 Å². The first kappa shape index (κ1) is 19.6. The average Bonchev–Trinajstić information content (AvgIpc) is 3.16. The van der Waals surface area contributed by atoms with Gasteiger partial charge < -0.3 is 14.8 Å². The zero-order valence-corrected chi connectivity index (χ0v) is 16.5. The molecule has 1 amide bonds. The van der Waals surface area contributed by atoms with Crippen molar-refractivity contribution in [1.29, 1.82) is 0 Å². The number of hydrogen-bond donors (Lipinski definition) is 1. The van der Waals surface area contributed by atoms with Crippen molar-refractivity contribution in [2.75, 3.05) is 19.0 Å². The van der Waals surface area contributed by atoms with Crippen molar-refractivity contribution < 1.29 is 19.1 Å². The number of carbonyl (C=O) groups is 2. The molecule has 0 aliphatic heterocycles. The van der Waals surface area contributed by atoms with E-state index in [2.05, 4.69) is 5.32 Å². The van der Waals surface area contributed by atoms with E-state index in [9.17, 15) is 9.59 Å². The van der Waals surface area contributed by atoms with E-state index >= 15 is 0 Å². The van der Waals surface area contributed by atoms with E-state index < -0.39 is 5.97 Å². The van der Waals surface area contributed by atoms with Crippen LogP contribution in [0.2, 0.25) is 0 Å². The molecule has 0 unspecified atom stereocenters. The first-order valence-corrected chi connectivity index (χ1v) is 9.81. The first-order chi connectivity index (χ1) is 13.6. The van der Waals surface area contributed by atoms with Crippen molar-refractivity contribution in [3.8, 4) is 16.9 Å². The molecule has 2 aromatic carbocycles. The fourth-order valence-corrected chi connectivity index (χ4v) is 3.63. The minimum atomic E-state index is -0.495. The molecule has 0 fully saturated rings. The van der Waals surface area contributed by atoms with Gasteiger partial charge in [0.25, 0.3) is 5.91 Å². The number of esters is 1. The van der Waals surface area contributed by atoms with E-state index in [0.29, 0.717) is 28.3 Å². The molecule has 3 aromatic rings. The summed E-state index contributed by atoms with van der Waals surface area (Å²) in [5, 5.41) is 5.13. The van der Waals surface area contributed by atoms with Crippen LogP contribution in [-0.4, -0.2) is 25.6 Å². The molecule has 0 saturated carbocycles. The van der Waals surface area contributed by atoms with E-state index in [4.69, 9.17) is 9.47 Å². The monoisotopic (exact) mass is 395 g/mol. The highest BCUT2D eigenvalue weighted by molar-refractivity contribution is 7.15. The van der Waals surface area contributed by atoms with Gasteiger partial charge in [0, 0.05) is 16.5 Å². The fraction of sp³-hybridized carbons (Fsp3) is 0.182. The number of amides is 1. The van der Waals surface area contributed by atoms with Crippen molar-refractivity contribution >= 4 is 28.2 Å². The van der Waals surface area contributed by atoms with Crippen LogP contribution in [0, 0.1) is 0 Å². The van der Waals surface area contributed by atoms with Crippen molar-refractivity contribution in [1.82, 2.24) is 0 Å².